The van der Waals surface area contributed by atoms with E-state index in [1.54, 1.807) is 18.2 Å². The molecule has 0 radical (unpaired) electrons. The normalized spacial score (nSPS) is 11.9. The van der Waals surface area contributed by atoms with Crippen LogP contribution in [0.15, 0.2) is 107 Å². The van der Waals surface area contributed by atoms with E-state index in [0.29, 0.717) is 22.3 Å². The third-order valence-corrected chi connectivity index (χ3v) is 8.18. The molecule has 5 rings (SSSR count). The van der Waals surface area contributed by atoms with Crippen LogP contribution in [0, 0.1) is 0 Å². The molecule has 4 aromatic carbocycles. The average molecular weight is 520 g/mol. The number of aromatic amines is 1. The number of benzene rings is 4. The molecular weight excluding hydrogens is 498 g/mol. The standard InChI is InChI=1S/C26H21N3O5S2/c1-35(30,31)24-9-5-6-10-25(24)36(32,33)29-19-13-16-23-22(17-19)26(28-27-23)18-11-14-21(15-12-18)34-20-7-3-2-4-8-20/h2-17,29H,1H3,(H,27,28). The maximum atomic E-state index is 13.1. The van der Waals surface area contributed by atoms with Crippen molar-refractivity contribution in [3.63, 3.8) is 0 Å². The summed E-state index contributed by atoms with van der Waals surface area (Å²) in [5, 5.41) is 8.05. The smallest absolute Gasteiger partial charge is 0.263 e. The Morgan fingerprint density at radius 3 is 2.08 bits per heavy atom. The SMILES string of the molecule is CS(=O)(=O)c1ccccc1S(=O)(=O)Nc1ccc2[nH]nc(-c3ccc(Oc4ccccc4)cc3)c2c1. The molecule has 8 nitrogen and oxygen atoms in total. The molecule has 36 heavy (non-hydrogen) atoms. The third-order valence-electron chi connectivity index (χ3n) is 5.46. The van der Waals surface area contributed by atoms with E-state index < -0.39 is 19.9 Å². The number of para-hydroxylation sites is 1. The minimum atomic E-state index is -4.17. The van der Waals surface area contributed by atoms with Gasteiger partial charge in [0.1, 0.15) is 16.4 Å². The summed E-state index contributed by atoms with van der Waals surface area (Å²) in [6.07, 6.45) is 0.974. The zero-order chi connectivity index (χ0) is 25.3. The van der Waals surface area contributed by atoms with Crippen molar-refractivity contribution in [3.8, 4) is 22.8 Å². The van der Waals surface area contributed by atoms with Crippen LogP contribution in [0.5, 0.6) is 11.5 Å². The number of hydrogen-bond acceptors (Lipinski definition) is 6. The van der Waals surface area contributed by atoms with Gasteiger partial charge in [-0.25, -0.2) is 16.8 Å². The highest BCUT2D eigenvalue weighted by Gasteiger charge is 2.24. The van der Waals surface area contributed by atoms with Crippen LogP contribution in [-0.4, -0.2) is 33.3 Å². The molecule has 10 heteroatoms. The number of aromatic nitrogens is 2. The van der Waals surface area contributed by atoms with Gasteiger partial charge in [0.15, 0.2) is 9.84 Å². The summed E-state index contributed by atoms with van der Waals surface area (Å²) in [5.41, 5.74) is 2.43. The van der Waals surface area contributed by atoms with E-state index in [9.17, 15) is 16.8 Å². The Bertz CT molecular complexity index is 1760. The van der Waals surface area contributed by atoms with E-state index in [4.69, 9.17) is 4.74 Å². The maximum Gasteiger partial charge on any atom is 0.263 e. The number of fused-ring (bicyclic) bond motifs is 1. The molecule has 0 spiro atoms. The van der Waals surface area contributed by atoms with Gasteiger partial charge in [-0.15, -0.1) is 0 Å². The van der Waals surface area contributed by atoms with Gasteiger partial charge in [0.25, 0.3) is 10.0 Å². The van der Waals surface area contributed by atoms with E-state index in [-0.39, 0.29) is 15.5 Å². The van der Waals surface area contributed by atoms with E-state index >= 15 is 0 Å². The first-order valence-electron chi connectivity index (χ1n) is 10.8. The zero-order valence-corrected chi connectivity index (χ0v) is 20.7. The fraction of sp³-hybridized carbons (Fsp3) is 0.0385. The number of H-pyrrole nitrogens is 1. The first kappa shape index (κ1) is 23.6. The fourth-order valence-corrected chi connectivity index (χ4v) is 6.47. The van der Waals surface area contributed by atoms with Gasteiger partial charge in [0.2, 0.25) is 0 Å². The van der Waals surface area contributed by atoms with Crippen molar-refractivity contribution in [2.75, 3.05) is 11.0 Å². The Morgan fingerprint density at radius 1 is 0.750 bits per heavy atom. The Hall–Kier alpha value is -4.15. The van der Waals surface area contributed by atoms with E-state index in [0.717, 1.165) is 17.6 Å². The van der Waals surface area contributed by atoms with Crippen LogP contribution in [0.2, 0.25) is 0 Å². The lowest BCUT2D eigenvalue weighted by molar-refractivity contribution is 0.483. The van der Waals surface area contributed by atoms with Crippen molar-refractivity contribution in [2.45, 2.75) is 9.79 Å². The first-order chi connectivity index (χ1) is 17.2. The van der Waals surface area contributed by atoms with Crippen molar-refractivity contribution < 1.29 is 21.6 Å². The van der Waals surface area contributed by atoms with Gasteiger partial charge in [-0.1, -0.05) is 30.3 Å². The lowest BCUT2D eigenvalue weighted by Gasteiger charge is -2.11. The van der Waals surface area contributed by atoms with Crippen molar-refractivity contribution in [3.05, 3.63) is 97.1 Å². The maximum absolute atomic E-state index is 13.1. The minimum absolute atomic E-state index is 0.264. The van der Waals surface area contributed by atoms with Crippen LogP contribution >= 0.6 is 0 Å². The number of nitrogens with zero attached hydrogens (tertiary/aromatic N) is 1. The summed E-state index contributed by atoms with van der Waals surface area (Å²) in [5.74, 6) is 1.40. The second-order valence-electron chi connectivity index (χ2n) is 8.10. The predicted molar refractivity (Wildman–Crippen MR) is 138 cm³/mol. The van der Waals surface area contributed by atoms with Crippen molar-refractivity contribution in [2.24, 2.45) is 0 Å². The summed E-state index contributed by atoms with van der Waals surface area (Å²) in [7, 11) is -7.91. The van der Waals surface area contributed by atoms with Gasteiger partial charge in [-0.2, -0.15) is 5.10 Å². The summed E-state index contributed by atoms with van der Waals surface area (Å²) < 4.78 is 58.7. The zero-order valence-electron chi connectivity index (χ0n) is 19.0. The number of sulfonamides is 1. The number of nitrogens with one attached hydrogen (secondary N) is 2. The van der Waals surface area contributed by atoms with E-state index in [1.165, 1.54) is 24.3 Å². The van der Waals surface area contributed by atoms with Crippen LogP contribution in [0.3, 0.4) is 0 Å². The Kier molecular flexibility index (Phi) is 5.99. The lowest BCUT2D eigenvalue weighted by Crippen LogP contribution is -2.16. The largest absolute Gasteiger partial charge is 0.457 e. The van der Waals surface area contributed by atoms with Crippen molar-refractivity contribution >= 4 is 36.5 Å². The quantitative estimate of drug-likeness (QED) is 0.304. The Balaban J connectivity index is 1.45. The van der Waals surface area contributed by atoms with Crippen LogP contribution in [0.4, 0.5) is 5.69 Å². The highest BCUT2D eigenvalue weighted by molar-refractivity contribution is 7.95. The molecule has 0 saturated carbocycles. The predicted octanol–water partition coefficient (Wildman–Crippen LogP) is 5.23. The van der Waals surface area contributed by atoms with E-state index in [2.05, 4.69) is 14.9 Å². The molecule has 2 N–H and O–H groups in total. The lowest BCUT2D eigenvalue weighted by atomic mass is 10.1. The molecule has 0 aliphatic rings. The molecule has 0 saturated heterocycles. The number of hydrogen-bond donors (Lipinski definition) is 2. The Labute approximate surface area is 208 Å². The van der Waals surface area contributed by atoms with Gasteiger partial charge in [-0.05, 0) is 66.7 Å². The highest BCUT2D eigenvalue weighted by atomic mass is 32.2. The van der Waals surface area contributed by atoms with Crippen molar-refractivity contribution in [1.29, 1.82) is 0 Å². The third kappa shape index (κ3) is 4.81. The van der Waals surface area contributed by atoms with E-state index in [1.807, 2.05) is 54.6 Å². The molecular formula is C26H21N3O5S2. The monoisotopic (exact) mass is 519 g/mol. The summed E-state index contributed by atoms with van der Waals surface area (Å²) in [6, 6.07) is 27.3. The van der Waals surface area contributed by atoms with Crippen LogP contribution < -0.4 is 9.46 Å². The second kappa shape index (κ2) is 9.14. The summed E-state index contributed by atoms with van der Waals surface area (Å²) in [4.78, 5) is -0.575. The molecule has 5 aromatic rings. The molecule has 0 unspecified atom stereocenters. The van der Waals surface area contributed by atoms with Gasteiger partial charge in [-0.3, -0.25) is 9.82 Å². The second-order valence-corrected chi connectivity index (χ2v) is 11.7. The highest BCUT2D eigenvalue weighted by Crippen LogP contribution is 2.32. The molecule has 1 aromatic heterocycles. The number of rotatable bonds is 7. The molecule has 0 fully saturated rings. The van der Waals surface area contributed by atoms with Crippen LogP contribution in [0.25, 0.3) is 22.2 Å². The van der Waals surface area contributed by atoms with Crippen molar-refractivity contribution in [1.82, 2.24) is 10.2 Å². The van der Waals surface area contributed by atoms with Gasteiger partial charge >= 0.3 is 0 Å². The molecule has 0 amide bonds. The summed E-state index contributed by atoms with van der Waals surface area (Å²) in [6.45, 7) is 0. The van der Waals surface area contributed by atoms with Crippen LogP contribution in [-0.2, 0) is 19.9 Å². The summed E-state index contributed by atoms with van der Waals surface area (Å²) >= 11 is 0. The molecule has 0 bridgehead atoms. The molecule has 182 valence electrons. The Morgan fingerprint density at radius 2 is 1.39 bits per heavy atom. The minimum Gasteiger partial charge on any atom is -0.457 e. The van der Waals surface area contributed by atoms with Gasteiger partial charge in [0.05, 0.1) is 16.1 Å². The van der Waals surface area contributed by atoms with Crippen LogP contribution in [0.1, 0.15) is 0 Å². The average Bonchev–Trinajstić information content (AvgIpc) is 3.28. The molecule has 1 heterocycles. The molecule has 0 atom stereocenters. The van der Waals surface area contributed by atoms with Gasteiger partial charge < -0.3 is 4.74 Å². The number of ether oxygens (including phenoxy) is 1. The molecule has 0 aliphatic heterocycles. The first-order valence-corrected chi connectivity index (χ1v) is 14.2. The molecule has 0 aliphatic carbocycles. The van der Waals surface area contributed by atoms with Gasteiger partial charge in [0, 0.05) is 22.9 Å². The topological polar surface area (TPSA) is 118 Å². The number of anilines is 1. The number of sulfone groups is 1. The fourth-order valence-electron chi connectivity index (χ4n) is 3.79.